The molecule has 57 heavy (non-hydrogen) atoms. The molecule has 4 atom stereocenters. The van der Waals surface area contributed by atoms with E-state index in [2.05, 4.69) is 41.5 Å². The van der Waals surface area contributed by atoms with Crippen LogP contribution < -0.4 is 18.8 Å². The molecule has 0 aliphatic rings. The molecule has 0 fully saturated rings. The van der Waals surface area contributed by atoms with Gasteiger partial charge >= 0.3 is 32.7 Å². The third-order valence-corrected chi connectivity index (χ3v) is 12.2. The molecule has 330 valence electrons. The molecule has 2 aromatic carbocycles. The fraction of sp³-hybridized carbons (Fsp3) is 0.739. The van der Waals surface area contributed by atoms with Crippen molar-refractivity contribution in [1.29, 1.82) is 0 Å². The van der Waals surface area contributed by atoms with E-state index in [0.29, 0.717) is 11.5 Å². The van der Waals surface area contributed by atoms with Crippen molar-refractivity contribution in [3.63, 3.8) is 0 Å². The first-order chi connectivity index (χ1) is 27.0. The van der Waals surface area contributed by atoms with E-state index in [-0.39, 0.29) is 42.1 Å². The molecule has 8 nitrogen and oxygen atoms in total. The maximum Gasteiger partial charge on any atom is 2.00 e. The van der Waals surface area contributed by atoms with Crippen molar-refractivity contribution in [2.24, 2.45) is 11.8 Å². The van der Waals surface area contributed by atoms with Gasteiger partial charge in [0, 0.05) is 0 Å². The second kappa shape index (κ2) is 35.6. The van der Waals surface area contributed by atoms with E-state index in [0.717, 1.165) is 64.2 Å². The number of hydrogen-bond donors (Lipinski definition) is 0. The molecule has 0 spiro atoms. The van der Waals surface area contributed by atoms with Gasteiger partial charge in [-0.1, -0.05) is 181 Å². The molecule has 0 saturated carbocycles. The first-order valence-electron chi connectivity index (χ1n) is 22.5. The van der Waals surface area contributed by atoms with Gasteiger partial charge in [0.1, 0.15) is 11.5 Å². The molecule has 2 aromatic rings. The van der Waals surface area contributed by atoms with E-state index in [1.54, 1.807) is 24.3 Å². The van der Waals surface area contributed by atoms with E-state index in [1.807, 2.05) is 24.3 Å². The van der Waals surface area contributed by atoms with Gasteiger partial charge < -0.3 is 27.9 Å². The molecule has 0 N–H and O–H groups in total. The monoisotopic (exact) mass is 878 g/mol. The van der Waals surface area contributed by atoms with Gasteiger partial charge in [-0.15, -0.1) is 0 Å². The van der Waals surface area contributed by atoms with Crippen LogP contribution in [0.1, 0.15) is 194 Å². The van der Waals surface area contributed by atoms with Gasteiger partial charge in [-0.05, 0) is 85.8 Å². The Labute approximate surface area is 360 Å². The van der Waals surface area contributed by atoms with Crippen LogP contribution in [0, 0.1) is 11.8 Å². The minimum absolute atomic E-state index is 0. The molecule has 0 amide bonds. The van der Waals surface area contributed by atoms with Crippen molar-refractivity contribution in [2.45, 2.75) is 196 Å². The summed E-state index contributed by atoms with van der Waals surface area (Å²) in [7, 11) is -8.64. The summed E-state index contributed by atoms with van der Waals surface area (Å²) in [6.07, 6.45) is 28.3. The van der Waals surface area contributed by atoms with Gasteiger partial charge in [0.05, 0.1) is 13.2 Å². The average molecular weight is 879 g/mol. The van der Waals surface area contributed by atoms with Crippen molar-refractivity contribution >= 4 is 15.6 Å². The largest absolute Gasteiger partial charge is 2.00 e. The summed E-state index contributed by atoms with van der Waals surface area (Å²) < 4.78 is 44.6. The summed E-state index contributed by atoms with van der Waals surface area (Å²) in [5.74, 6) is 1.16. The van der Waals surface area contributed by atoms with Crippen molar-refractivity contribution in [1.82, 2.24) is 0 Å². The molecule has 0 heterocycles. The van der Waals surface area contributed by atoms with Crippen LogP contribution in [0.15, 0.2) is 48.5 Å². The van der Waals surface area contributed by atoms with Crippen molar-refractivity contribution < 1.29 is 54.1 Å². The molecule has 0 radical (unpaired) electrons. The van der Waals surface area contributed by atoms with Crippen LogP contribution in [0.25, 0.3) is 0 Å². The van der Waals surface area contributed by atoms with E-state index in [4.69, 9.17) is 18.1 Å². The van der Waals surface area contributed by atoms with Crippen molar-refractivity contribution in [3.05, 3.63) is 59.7 Å². The number of hydrogen-bond acceptors (Lipinski definition) is 8. The van der Waals surface area contributed by atoms with Crippen LogP contribution in [-0.2, 0) is 48.1 Å². The zero-order chi connectivity index (χ0) is 41.3. The van der Waals surface area contributed by atoms with Gasteiger partial charge in [-0.2, -0.15) is 0 Å². The Morgan fingerprint density at radius 2 is 0.754 bits per heavy atom. The molecule has 11 heteroatoms. The quantitative estimate of drug-likeness (QED) is 0.0387. The summed E-state index contributed by atoms with van der Waals surface area (Å²) in [6, 6.07) is 14.7. The van der Waals surface area contributed by atoms with E-state index in [1.165, 1.54) is 101 Å². The second-order valence-corrected chi connectivity index (χ2v) is 18.2. The van der Waals surface area contributed by atoms with Crippen molar-refractivity contribution in [2.75, 3.05) is 13.2 Å². The van der Waals surface area contributed by atoms with Gasteiger partial charge in [0.25, 0.3) is 0 Å². The molecular formula is C46H80FeO8P2. The van der Waals surface area contributed by atoms with Crippen LogP contribution in [0.5, 0.6) is 11.5 Å². The Morgan fingerprint density at radius 1 is 0.456 bits per heavy atom. The fourth-order valence-electron chi connectivity index (χ4n) is 6.51. The summed E-state index contributed by atoms with van der Waals surface area (Å²) in [5, 5.41) is 0. The van der Waals surface area contributed by atoms with E-state index in [9.17, 15) is 18.9 Å². The molecule has 4 unspecified atom stereocenters. The summed E-state index contributed by atoms with van der Waals surface area (Å²) in [6.45, 7) is 13.3. The zero-order valence-electron chi connectivity index (χ0n) is 36.7. The Morgan fingerprint density at radius 3 is 1.05 bits per heavy atom. The molecule has 0 saturated heterocycles. The van der Waals surface area contributed by atoms with Crippen LogP contribution in [0.2, 0.25) is 0 Å². The summed E-state index contributed by atoms with van der Waals surface area (Å²) in [5.41, 5.74) is 2.43. The van der Waals surface area contributed by atoms with E-state index >= 15 is 0 Å². The van der Waals surface area contributed by atoms with E-state index < -0.39 is 15.6 Å². The Hall–Kier alpha value is -1.14. The Bertz CT molecular complexity index is 1190. The number of benzene rings is 2. The minimum Gasteiger partial charge on any atom is -0.746 e. The molecule has 2 rings (SSSR count). The molecular weight excluding hydrogens is 798 g/mol. The van der Waals surface area contributed by atoms with Crippen LogP contribution >= 0.6 is 15.6 Å². The maximum absolute atomic E-state index is 12.1. The first kappa shape index (κ1) is 55.9. The van der Waals surface area contributed by atoms with Gasteiger partial charge in [0.2, 0.25) is 0 Å². The smallest absolute Gasteiger partial charge is 0.746 e. The van der Waals surface area contributed by atoms with Crippen molar-refractivity contribution in [3.8, 4) is 11.5 Å². The predicted molar refractivity (Wildman–Crippen MR) is 231 cm³/mol. The zero-order valence-corrected chi connectivity index (χ0v) is 39.6. The maximum atomic E-state index is 12.1. The standard InChI is InChI=1S/2C23H41O4P.Fe/c2*1-4-7-9-10-11-12-13-15-22-16-18-23(19-17-22)27-28(24,25)26-20-21(6-3)14-8-5-2;/h2*16-19,21H,4-15,20H2,1-3H3,(H,24,25);/q;;+2/p-2. The third kappa shape index (κ3) is 30.5. The van der Waals surface area contributed by atoms with Gasteiger partial charge in [-0.3, -0.25) is 9.13 Å². The number of unbranched alkanes of at least 4 members (excludes halogenated alkanes) is 14. The number of phosphoric acid groups is 2. The third-order valence-electron chi connectivity index (χ3n) is 10.4. The predicted octanol–water partition coefficient (Wildman–Crippen LogP) is 14.1. The van der Waals surface area contributed by atoms with Crippen LogP contribution in [-0.4, -0.2) is 13.2 Å². The summed E-state index contributed by atoms with van der Waals surface area (Å²) in [4.78, 5) is 24.2. The Balaban J connectivity index is 0.00000108. The first-order valence-corrected chi connectivity index (χ1v) is 25.4. The molecule has 0 aliphatic carbocycles. The van der Waals surface area contributed by atoms with Crippen LogP contribution in [0.3, 0.4) is 0 Å². The number of aryl methyl sites for hydroxylation is 2. The molecule has 0 aliphatic heterocycles. The SMILES string of the molecule is CCCCCCCCCc1ccc(OP(=O)([O-])OCC(CC)CCCC)cc1.CCCCCCCCCc1ccc(OP(=O)([O-])OCC(CC)CCCC)cc1.[Fe+2]. The summed E-state index contributed by atoms with van der Waals surface area (Å²) >= 11 is 0. The molecule has 0 aromatic heterocycles. The number of phosphoric ester groups is 2. The molecule has 0 bridgehead atoms. The van der Waals surface area contributed by atoms with Gasteiger partial charge in [-0.25, -0.2) is 0 Å². The Kier molecular flexibility index (Phi) is 34.9. The number of rotatable bonds is 34. The minimum atomic E-state index is -4.32. The van der Waals surface area contributed by atoms with Crippen LogP contribution in [0.4, 0.5) is 0 Å². The van der Waals surface area contributed by atoms with Gasteiger partial charge in [0.15, 0.2) is 0 Å². The topological polar surface area (TPSA) is 117 Å². The fourth-order valence-corrected chi connectivity index (χ4v) is 8.16. The normalized spacial score (nSPS) is 14.3. The average Bonchev–Trinajstić information content (AvgIpc) is 3.18. The second-order valence-electron chi connectivity index (χ2n) is 15.5.